The van der Waals surface area contributed by atoms with Gasteiger partial charge in [0.1, 0.15) is 11.3 Å². The van der Waals surface area contributed by atoms with Crippen LogP contribution in [0.1, 0.15) is 43.6 Å². The van der Waals surface area contributed by atoms with E-state index in [1.54, 1.807) is 31.6 Å². The number of benzene rings is 1. The van der Waals surface area contributed by atoms with Crippen LogP contribution in [0, 0.1) is 11.2 Å². The van der Waals surface area contributed by atoms with Crippen LogP contribution in [0.5, 0.6) is 0 Å². The first kappa shape index (κ1) is 17.3. The van der Waals surface area contributed by atoms with Crippen LogP contribution in [-0.4, -0.2) is 34.4 Å². The number of carbonyl (C=O) groups is 2. The molecule has 1 amide bonds. The number of nitrogens with two attached hydrogens (primary N) is 1. The Labute approximate surface area is 144 Å². The van der Waals surface area contributed by atoms with Gasteiger partial charge in [-0.15, -0.1) is 0 Å². The minimum absolute atomic E-state index is 0.0513. The number of rotatable bonds is 3. The van der Waals surface area contributed by atoms with E-state index in [0.717, 1.165) is 6.07 Å². The molecule has 0 spiro atoms. The summed E-state index contributed by atoms with van der Waals surface area (Å²) in [7, 11) is 0. The van der Waals surface area contributed by atoms with E-state index >= 15 is 0 Å². The minimum atomic E-state index is -0.726. The van der Waals surface area contributed by atoms with Crippen LogP contribution in [0.25, 0.3) is 10.9 Å². The molecule has 8 heteroatoms. The molecule has 0 radical (unpaired) electrons. The van der Waals surface area contributed by atoms with Gasteiger partial charge in [-0.2, -0.15) is 5.10 Å². The summed E-state index contributed by atoms with van der Waals surface area (Å²) in [6.07, 6.45) is 1.80. The molecular weight excluding hydrogens is 327 g/mol. The van der Waals surface area contributed by atoms with Crippen molar-refractivity contribution in [3.63, 3.8) is 0 Å². The van der Waals surface area contributed by atoms with Crippen LogP contribution in [0.2, 0.25) is 0 Å². The summed E-state index contributed by atoms with van der Waals surface area (Å²) in [5, 5.41) is 8.02. The number of fused-ring (bicyclic) bond motifs is 1. The molecule has 3 N–H and O–H groups in total. The van der Waals surface area contributed by atoms with E-state index in [9.17, 15) is 14.0 Å². The summed E-state index contributed by atoms with van der Waals surface area (Å²) in [5.74, 6) is -1.55. The molecule has 1 saturated heterocycles. The molecule has 1 aliphatic rings. The fourth-order valence-corrected chi connectivity index (χ4v) is 2.77. The quantitative estimate of drug-likeness (QED) is 0.823. The first-order valence-electron chi connectivity index (χ1n) is 8.08. The van der Waals surface area contributed by atoms with Crippen molar-refractivity contribution in [3.05, 3.63) is 29.7 Å². The molecule has 2 heterocycles. The molecule has 0 bridgehead atoms. The molecule has 3 rings (SSSR count). The van der Waals surface area contributed by atoms with Crippen molar-refractivity contribution in [2.75, 3.05) is 6.54 Å². The maximum absolute atomic E-state index is 13.6. The molecule has 2 unspecified atom stereocenters. The van der Waals surface area contributed by atoms with Gasteiger partial charge in [-0.25, -0.2) is 4.39 Å². The molecule has 1 aliphatic heterocycles. The van der Waals surface area contributed by atoms with Crippen molar-refractivity contribution in [3.8, 4) is 0 Å². The lowest BCUT2D eigenvalue weighted by Gasteiger charge is -2.20. The highest BCUT2D eigenvalue weighted by Gasteiger charge is 2.32. The number of amides is 1. The highest BCUT2D eigenvalue weighted by atomic mass is 19.1. The Morgan fingerprint density at radius 3 is 2.76 bits per heavy atom. The molecule has 0 saturated carbocycles. The molecule has 7 nitrogen and oxygen atoms in total. The van der Waals surface area contributed by atoms with Gasteiger partial charge in [-0.3, -0.25) is 19.6 Å². The SMILES string of the molecule is CC(C)(C)C(=O)OC1CC(n2cc3cc(F)cc(C(N)=O)c3n2)CN1. The van der Waals surface area contributed by atoms with E-state index in [1.165, 1.54) is 6.07 Å². The van der Waals surface area contributed by atoms with Gasteiger partial charge in [-0.1, -0.05) is 0 Å². The lowest BCUT2D eigenvalue weighted by Crippen LogP contribution is -2.33. The maximum atomic E-state index is 13.6. The summed E-state index contributed by atoms with van der Waals surface area (Å²) in [5.41, 5.74) is 5.15. The number of carbonyl (C=O) groups excluding carboxylic acids is 2. The third-order valence-corrected chi connectivity index (χ3v) is 4.16. The monoisotopic (exact) mass is 348 g/mol. The normalized spacial score (nSPS) is 20.8. The van der Waals surface area contributed by atoms with E-state index in [4.69, 9.17) is 10.5 Å². The van der Waals surface area contributed by atoms with Crippen molar-refractivity contribution in [2.24, 2.45) is 11.1 Å². The number of nitrogens with one attached hydrogen (secondary N) is 1. The predicted octanol–water partition coefficient (Wildman–Crippen LogP) is 1.72. The van der Waals surface area contributed by atoms with Crippen molar-refractivity contribution < 1.29 is 18.7 Å². The minimum Gasteiger partial charge on any atom is -0.446 e. The van der Waals surface area contributed by atoms with E-state index in [1.807, 2.05) is 0 Å². The smallest absolute Gasteiger partial charge is 0.312 e. The Balaban J connectivity index is 1.81. The summed E-state index contributed by atoms with van der Waals surface area (Å²) in [6.45, 7) is 5.93. The van der Waals surface area contributed by atoms with Crippen LogP contribution < -0.4 is 11.1 Å². The molecule has 1 fully saturated rings. The molecule has 2 atom stereocenters. The van der Waals surface area contributed by atoms with Crippen LogP contribution in [-0.2, 0) is 9.53 Å². The van der Waals surface area contributed by atoms with Gasteiger partial charge in [0.2, 0.25) is 0 Å². The summed E-state index contributed by atoms with van der Waals surface area (Å²) < 4.78 is 20.8. The average molecular weight is 348 g/mol. The zero-order valence-electron chi connectivity index (χ0n) is 14.4. The zero-order valence-corrected chi connectivity index (χ0v) is 14.4. The molecular formula is C17H21FN4O3. The number of ether oxygens (including phenoxy) is 1. The number of esters is 1. The van der Waals surface area contributed by atoms with Gasteiger partial charge >= 0.3 is 5.97 Å². The van der Waals surface area contributed by atoms with Crippen molar-refractivity contribution in [1.29, 1.82) is 0 Å². The summed E-state index contributed by atoms with van der Waals surface area (Å²) in [6, 6.07) is 2.32. The third kappa shape index (κ3) is 3.48. The largest absolute Gasteiger partial charge is 0.446 e. The Morgan fingerprint density at radius 2 is 2.12 bits per heavy atom. The molecule has 1 aromatic carbocycles. The summed E-state index contributed by atoms with van der Waals surface area (Å²) in [4.78, 5) is 23.5. The number of halogens is 1. The Bertz CT molecular complexity index is 840. The third-order valence-electron chi connectivity index (χ3n) is 4.16. The number of hydrogen-bond acceptors (Lipinski definition) is 5. The fourth-order valence-electron chi connectivity index (χ4n) is 2.77. The second-order valence-electron chi connectivity index (χ2n) is 7.31. The Morgan fingerprint density at radius 1 is 1.40 bits per heavy atom. The average Bonchev–Trinajstić information content (AvgIpc) is 3.11. The van der Waals surface area contributed by atoms with E-state index in [-0.39, 0.29) is 17.6 Å². The highest BCUT2D eigenvalue weighted by molar-refractivity contribution is 6.04. The second kappa shape index (κ2) is 6.11. The van der Waals surface area contributed by atoms with E-state index in [2.05, 4.69) is 10.4 Å². The van der Waals surface area contributed by atoms with Crippen LogP contribution in [0.4, 0.5) is 4.39 Å². The molecule has 1 aromatic heterocycles. The zero-order chi connectivity index (χ0) is 18.4. The number of aromatic nitrogens is 2. The van der Waals surface area contributed by atoms with E-state index < -0.39 is 23.4 Å². The summed E-state index contributed by atoms with van der Waals surface area (Å²) >= 11 is 0. The lowest BCUT2D eigenvalue weighted by atomic mass is 9.97. The van der Waals surface area contributed by atoms with Crippen molar-refractivity contribution in [1.82, 2.24) is 15.1 Å². The molecule has 2 aromatic rings. The molecule has 134 valence electrons. The highest BCUT2D eigenvalue weighted by Crippen LogP contribution is 2.26. The second-order valence-corrected chi connectivity index (χ2v) is 7.31. The van der Waals surface area contributed by atoms with Crippen LogP contribution >= 0.6 is 0 Å². The van der Waals surface area contributed by atoms with Gasteiger partial charge in [0.15, 0.2) is 6.23 Å². The van der Waals surface area contributed by atoms with Gasteiger partial charge < -0.3 is 10.5 Å². The number of nitrogens with zero attached hydrogens (tertiary/aromatic N) is 2. The van der Waals surface area contributed by atoms with Crippen LogP contribution in [0.3, 0.4) is 0 Å². The Kier molecular flexibility index (Phi) is 4.24. The van der Waals surface area contributed by atoms with Gasteiger partial charge in [0, 0.05) is 24.5 Å². The molecule has 0 aliphatic carbocycles. The maximum Gasteiger partial charge on any atom is 0.312 e. The van der Waals surface area contributed by atoms with E-state index in [0.29, 0.717) is 23.9 Å². The Hall–Kier alpha value is -2.48. The van der Waals surface area contributed by atoms with Crippen molar-refractivity contribution >= 4 is 22.8 Å². The van der Waals surface area contributed by atoms with Gasteiger partial charge in [0.05, 0.1) is 17.0 Å². The topological polar surface area (TPSA) is 99.2 Å². The number of primary amides is 1. The number of hydrogen-bond donors (Lipinski definition) is 2. The lowest BCUT2D eigenvalue weighted by molar-refractivity contribution is -0.159. The first-order valence-corrected chi connectivity index (χ1v) is 8.08. The first-order chi connectivity index (χ1) is 11.6. The van der Waals surface area contributed by atoms with Gasteiger partial charge in [-0.05, 0) is 32.9 Å². The van der Waals surface area contributed by atoms with Gasteiger partial charge in [0.25, 0.3) is 5.91 Å². The van der Waals surface area contributed by atoms with Crippen LogP contribution in [0.15, 0.2) is 18.3 Å². The molecule has 25 heavy (non-hydrogen) atoms. The van der Waals surface area contributed by atoms with Crippen molar-refractivity contribution in [2.45, 2.75) is 39.5 Å². The predicted molar refractivity (Wildman–Crippen MR) is 89.2 cm³/mol. The fraction of sp³-hybridized carbons (Fsp3) is 0.471. The standard InChI is InChI=1S/C17H21FN4O3/c1-17(2,3)16(24)25-13-6-11(7-20-13)22-8-9-4-10(18)5-12(15(19)23)14(9)21-22/h4-5,8,11,13,20H,6-7H2,1-3H3,(H2,19,23).